The zero-order valence-electron chi connectivity index (χ0n) is 11.6. The average Bonchev–Trinajstić information content (AvgIpc) is 2.84. The van der Waals surface area contributed by atoms with E-state index in [0.29, 0.717) is 0 Å². The number of benzene rings is 1. The van der Waals surface area contributed by atoms with Gasteiger partial charge in [0.1, 0.15) is 6.10 Å². The fourth-order valence-electron chi connectivity index (χ4n) is 2.17. The number of hydrogen-bond donors (Lipinski definition) is 0. The molecule has 0 fully saturated rings. The molecule has 0 bridgehead atoms. The Morgan fingerprint density at radius 1 is 1.32 bits per heavy atom. The second-order valence-corrected chi connectivity index (χ2v) is 4.71. The molecule has 118 valence electrons. The summed E-state index contributed by atoms with van der Waals surface area (Å²) >= 11 is 0. The van der Waals surface area contributed by atoms with Crippen LogP contribution in [0.3, 0.4) is 0 Å². The molecule has 2 rings (SSSR count). The van der Waals surface area contributed by atoms with E-state index in [0.717, 1.165) is 19.2 Å². The molecule has 1 unspecified atom stereocenters. The molecule has 1 aliphatic carbocycles. The van der Waals surface area contributed by atoms with Crippen LogP contribution in [-0.4, -0.2) is 25.0 Å². The zero-order chi connectivity index (χ0) is 16.3. The second kappa shape index (κ2) is 6.31. The van der Waals surface area contributed by atoms with Gasteiger partial charge in [0.15, 0.2) is 11.9 Å². The number of methoxy groups -OCH3 is 1. The van der Waals surface area contributed by atoms with Crippen LogP contribution in [0.4, 0.5) is 13.2 Å². The highest BCUT2D eigenvalue weighted by molar-refractivity contribution is 5.93. The maximum atomic E-state index is 13.0. The Kier molecular flexibility index (Phi) is 4.65. The van der Waals surface area contributed by atoms with Crippen LogP contribution in [0, 0.1) is 0 Å². The van der Waals surface area contributed by atoms with Crippen LogP contribution >= 0.6 is 0 Å². The number of carbonyl (C=O) groups is 2. The lowest BCUT2D eigenvalue weighted by molar-refractivity contribution is -0.160. The molecule has 0 aliphatic heterocycles. The lowest BCUT2D eigenvalue weighted by Crippen LogP contribution is -2.25. The molecule has 0 spiro atoms. The molecule has 7 heteroatoms. The average molecular weight is 314 g/mol. The molecule has 4 nitrogen and oxygen atoms in total. The van der Waals surface area contributed by atoms with E-state index < -0.39 is 29.9 Å². The first-order chi connectivity index (χ1) is 10.3. The molecule has 0 N–H and O–H groups in total. The second-order valence-electron chi connectivity index (χ2n) is 4.71. The molecule has 0 saturated carbocycles. The minimum Gasteiger partial charge on any atom is -0.455 e. The van der Waals surface area contributed by atoms with Gasteiger partial charge in [0.25, 0.3) is 0 Å². The van der Waals surface area contributed by atoms with Crippen molar-refractivity contribution in [2.45, 2.75) is 24.8 Å². The zero-order valence-corrected chi connectivity index (χ0v) is 11.6. The summed E-state index contributed by atoms with van der Waals surface area (Å²) in [4.78, 5) is 23.1. The van der Waals surface area contributed by atoms with E-state index in [1.807, 2.05) is 0 Å². The summed E-state index contributed by atoms with van der Waals surface area (Å²) in [7, 11) is 1.12. The van der Waals surface area contributed by atoms with Gasteiger partial charge in [0, 0.05) is 12.7 Å². The van der Waals surface area contributed by atoms with E-state index in [-0.39, 0.29) is 17.8 Å². The summed E-state index contributed by atoms with van der Waals surface area (Å²) in [6, 6.07) is 4.63. The number of esters is 1. The number of ketones is 1. The highest BCUT2D eigenvalue weighted by Gasteiger charge is 2.38. The van der Waals surface area contributed by atoms with E-state index in [4.69, 9.17) is 9.47 Å². The first kappa shape index (κ1) is 16.2. The highest BCUT2D eigenvalue weighted by atomic mass is 19.4. The predicted octanol–water partition coefficient (Wildman–Crippen LogP) is 2.83. The fraction of sp³-hybridized carbons (Fsp3) is 0.333. The first-order valence-electron chi connectivity index (χ1n) is 6.43. The number of ether oxygens (including phenoxy) is 2. The minimum absolute atomic E-state index is 0.0108. The lowest BCUT2D eigenvalue weighted by Gasteiger charge is -2.20. The maximum Gasteiger partial charge on any atom is 0.416 e. The summed E-state index contributed by atoms with van der Waals surface area (Å²) in [5.74, 6) is -1.17. The van der Waals surface area contributed by atoms with Gasteiger partial charge in [-0.3, -0.25) is 4.79 Å². The van der Waals surface area contributed by atoms with Gasteiger partial charge >= 0.3 is 12.1 Å². The molecule has 1 aliphatic rings. The van der Waals surface area contributed by atoms with Crippen LogP contribution in [0.2, 0.25) is 0 Å². The SMILES string of the molecule is COC(C(=O)O[C@@H]1C=CC(=O)C1)c1ccccc1C(F)(F)F. The molecule has 0 aromatic heterocycles. The number of hydrogen-bond acceptors (Lipinski definition) is 4. The molecule has 0 saturated heterocycles. The number of halogens is 3. The van der Waals surface area contributed by atoms with Crippen LogP contribution in [0.15, 0.2) is 36.4 Å². The first-order valence-corrected chi connectivity index (χ1v) is 6.43. The Bertz CT molecular complexity index is 607. The van der Waals surface area contributed by atoms with Crippen LogP contribution < -0.4 is 0 Å². The number of allylic oxidation sites excluding steroid dienone is 1. The molecule has 1 aromatic carbocycles. The van der Waals surface area contributed by atoms with Gasteiger partial charge in [-0.2, -0.15) is 13.2 Å². The molecular formula is C15H13F3O4. The Balaban J connectivity index is 2.23. The van der Waals surface area contributed by atoms with E-state index in [1.54, 1.807) is 0 Å². The maximum absolute atomic E-state index is 13.0. The van der Waals surface area contributed by atoms with Gasteiger partial charge in [-0.25, -0.2) is 4.79 Å². The highest BCUT2D eigenvalue weighted by Crippen LogP contribution is 2.36. The Hall–Kier alpha value is -2.15. The van der Waals surface area contributed by atoms with Crippen molar-refractivity contribution >= 4 is 11.8 Å². The van der Waals surface area contributed by atoms with Crippen molar-refractivity contribution in [1.29, 1.82) is 0 Å². The summed E-state index contributed by atoms with van der Waals surface area (Å²) in [6.07, 6.45) is -4.25. The van der Waals surface area contributed by atoms with Crippen molar-refractivity contribution in [3.8, 4) is 0 Å². The third-order valence-corrected chi connectivity index (χ3v) is 3.17. The largest absolute Gasteiger partial charge is 0.455 e. The smallest absolute Gasteiger partial charge is 0.416 e. The van der Waals surface area contributed by atoms with Gasteiger partial charge in [-0.05, 0) is 18.2 Å². The molecule has 0 heterocycles. The summed E-state index contributed by atoms with van der Waals surface area (Å²) in [5, 5.41) is 0. The molecule has 22 heavy (non-hydrogen) atoms. The van der Waals surface area contributed by atoms with Gasteiger partial charge in [-0.1, -0.05) is 18.2 Å². The normalized spacial score (nSPS) is 19.3. The lowest BCUT2D eigenvalue weighted by atomic mass is 10.0. The quantitative estimate of drug-likeness (QED) is 0.802. The van der Waals surface area contributed by atoms with Gasteiger partial charge in [0.2, 0.25) is 0 Å². The molecule has 0 radical (unpaired) electrons. The topological polar surface area (TPSA) is 52.6 Å². The number of alkyl halides is 3. The summed E-state index contributed by atoms with van der Waals surface area (Å²) in [6.45, 7) is 0. The van der Waals surface area contributed by atoms with Crippen molar-refractivity contribution in [3.63, 3.8) is 0 Å². The number of rotatable bonds is 4. The molecule has 2 atom stereocenters. The van der Waals surface area contributed by atoms with E-state index in [9.17, 15) is 22.8 Å². The van der Waals surface area contributed by atoms with Crippen LogP contribution in [0.5, 0.6) is 0 Å². The van der Waals surface area contributed by atoms with Gasteiger partial charge < -0.3 is 9.47 Å². The van der Waals surface area contributed by atoms with Crippen molar-refractivity contribution in [3.05, 3.63) is 47.5 Å². The third kappa shape index (κ3) is 3.54. The van der Waals surface area contributed by atoms with Crippen molar-refractivity contribution in [1.82, 2.24) is 0 Å². The predicted molar refractivity (Wildman–Crippen MR) is 69.8 cm³/mol. The molecule has 0 amide bonds. The Morgan fingerprint density at radius 2 is 2.00 bits per heavy atom. The van der Waals surface area contributed by atoms with E-state index >= 15 is 0 Å². The van der Waals surface area contributed by atoms with Crippen molar-refractivity contribution in [2.75, 3.05) is 7.11 Å². The number of carbonyl (C=O) groups excluding carboxylic acids is 2. The molecule has 1 aromatic rings. The Morgan fingerprint density at radius 3 is 2.55 bits per heavy atom. The standard InChI is InChI=1S/C15H13F3O4/c1-21-13(14(20)22-10-7-6-9(19)8-10)11-4-2-3-5-12(11)15(16,17)18/h2-7,10,13H,8H2,1H3/t10-,13?/m1/s1. The summed E-state index contributed by atoms with van der Waals surface area (Å²) < 4.78 is 48.9. The van der Waals surface area contributed by atoms with Crippen LogP contribution in [-0.2, 0) is 25.2 Å². The van der Waals surface area contributed by atoms with Gasteiger partial charge in [0.05, 0.1) is 12.0 Å². The monoisotopic (exact) mass is 314 g/mol. The van der Waals surface area contributed by atoms with Gasteiger partial charge in [-0.15, -0.1) is 0 Å². The van der Waals surface area contributed by atoms with Crippen molar-refractivity contribution in [2.24, 2.45) is 0 Å². The third-order valence-electron chi connectivity index (χ3n) is 3.17. The Labute approximate surface area is 124 Å². The summed E-state index contributed by atoms with van der Waals surface area (Å²) in [5.41, 5.74) is -1.28. The van der Waals surface area contributed by atoms with E-state index in [1.165, 1.54) is 24.3 Å². The molecular weight excluding hydrogens is 301 g/mol. The van der Waals surface area contributed by atoms with E-state index in [2.05, 4.69) is 0 Å². The fourth-order valence-corrected chi connectivity index (χ4v) is 2.17. The van der Waals surface area contributed by atoms with Crippen LogP contribution in [0.25, 0.3) is 0 Å². The van der Waals surface area contributed by atoms with Crippen LogP contribution in [0.1, 0.15) is 23.7 Å². The minimum atomic E-state index is -4.61. The van der Waals surface area contributed by atoms with Crippen molar-refractivity contribution < 1.29 is 32.2 Å².